The van der Waals surface area contributed by atoms with E-state index in [1.54, 1.807) is 0 Å². The molecule has 0 unspecified atom stereocenters. The standard InChI is InChI=1S/C12H14FNO3/c13-9-3-1-2-8(11(16)17)10(9)14-6-12(7-15)4-5-12/h1-3,14-15H,4-7H2,(H,16,17). The van der Waals surface area contributed by atoms with Crippen LogP contribution in [0.1, 0.15) is 23.2 Å². The van der Waals surface area contributed by atoms with E-state index in [-0.39, 0.29) is 23.3 Å². The molecule has 0 aromatic heterocycles. The Morgan fingerprint density at radius 1 is 1.47 bits per heavy atom. The quantitative estimate of drug-likeness (QED) is 0.731. The van der Waals surface area contributed by atoms with E-state index in [9.17, 15) is 9.18 Å². The van der Waals surface area contributed by atoms with E-state index in [0.717, 1.165) is 12.8 Å². The minimum absolute atomic E-state index is 0.000255. The molecule has 3 N–H and O–H groups in total. The molecule has 1 aromatic carbocycles. The van der Waals surface area contributed by atoms with Gasteiger partial charge in [-0.2, -0.15) is 0 Å². The van der Waals surface area contributed by atoms with Crippen LogP contribution in [0.3, 0.4) is 0 Å². The van der Waals surface area contributed by atoms with Crippen molar-refractivity contribution < 1.29 is 19.4 Å². The molecule has 0 spiro atoms. The highest BCUT2D eigenvalue weighted by Crippen LogP contribution is 2.45. The maximum absolute atomic E-state index is 13.5. The Balaban J connectivity index is 2.17. The van der Waals surface area contributed by atoms with Gasteiger partial charge in [-0.1, -0.05) is 6.07 Å². The van der Waals surface area contributed by atoms with Gasteiger partial charge in [0.25, 0.3) is 0 Å². The molecule has 5 heteroatoms. The Hall–Kier alpha value is -1.62. The zero-order chi connectivity index (χ0) is 12.5. The fourth-order valence-corrected chi connectivity index (χ4v) is 1.73. The molecule has 0 atom stereocenters. The maximum Gasteiger partial charge on any atom is 0.337 e. The number of aromatic carboxylic acids is 1. The number of carbonyl (C=O) groups is 1. The van der Waals surface area contributed by atoms with E-state index in [1.165, 1.54) is 18.2 Å². The first-order chi connectivity index (χ1) is 8.08. The van der Waals surface area contributed by atoms with Crippen LogP contribution in [0.2, 0.25) is 0 Å². The van der Waals surface area contributed by atoms with Crippen LogP contribution in [0, 0.1) is 11.2 Å². The molecule has 1 aromatic rings. The first-order valence-electron chi connectivity index (χ1n) is 5.44. The van der Waals surface area contributed by atoms with Gasteiger partial charge < -0.3 is 15.5 Å². The van der Waals surface area contributed by atoms with Gasteiger partial charge in [0, 0.05) is 12.0 Å². The number of carboxylic acids is 1. The topological polar surface area (TPSA) is 69.6 Å². The molecule has 0 bridgehead atoms. The number of hydrogen-bond acceptors (Lipinski definition) is 3. The molecule has 1 aliphatic rings. The average molecular weight is 239 g/mol. The summed E-state index contributed by atoms with van der Waals surface area (Å²) in [5.41, 5.74) is -0.281. The number of aliphatic hydroxyl groups is 1. The lowest BCUT2D eigenvalue weighted by Gasteiger charge is -2.15. The molecule has 4 nitrogen and oxygen atoms in total. The first kappa shape index (κ1) is 11.9. The van der Waals surface area contributed by atoms with Crippen molar-refractivity contribution in [3.63, 3.8) is 0 Å². The number of nitrogens with one attached hydrogen (secondary N) is 1. The molecule has 0 amide bonds. The van der Waals surface area contributed by atoms with Crippen LogP contribution < -0.4 is 5.32 Å². The van der Waals surface area contributed by atoms with E-state index in [1.807, 2.05) is 0 Å². The number of para-hydroxylation sites is 1. The number of rotatable bonds is 5. The summed E-state index contributed by atoms with van der Waals surface area (Å²) in [6.07, 6.45) is 1.76. The van der Waals surface area contributed by atoms with Gasteiger partial charge >= 0.3 is 5.97 Å². The van der Waals surface area contributed by atoms with Crippen LogP contribution in [0.5, 0.6) is 0 Å². The maximum atomic E-state index is 13.5. The molecule has 1 saturated carbocycles. The van der Waals surface area contributed by atoms with E-state index < -0.39 is 11.8 Å². The average Bonchev–Trinajstić information content (AvgIpc) is 3.08. The lowest BCUT2D eigenvalue weighted by molar-refractivity contribution is 0.0697. The lowest BCUT2D eigenvalue weighted by atomic mass is 10.1. The molecule has 1 fully saturated rings. The summed E-state index contributed by atoms with van der Waals surface area (Å²) in [7, 11) is 0. The molecular weight excluding hydrogens is 225 g/mol. The lowest BCUT2D eigenvalue weighted by Crippen LogP contribution is -2.21. The van der Waals surface area contributed by atoms with Gasteiger partial charge in [0.2, 0.25) is 0 Å². The minimum atomic E-state index is -1.17. The minimum Gasteiger partial charge on any atom is -0.478 e. The fraction of sp³-hybridized carbons (Fsp3) is 0.417. The van der Waals surface area contributed by atoms with Gasteiger partial charge in [0.15, 0.2) is 0 Å². The zero-order valence-electron chi connectivity index (χ0n) is 9.24. The van der Waals surface area contributed by atoms with Crippen molar-refractivity contribution in [1.29, 1.82) is 0 Å². The van der Waals surface area contributed by atoms with Gasteiger partial charge in [-0.15, -0.1) is 0 Å². The van der Waals surface area contributed by atoms with Gasteiger partial charge in [0.05, 0.1) is 17.9 Å². The Kier molecular flexibility index (Phi) is 3.02. The highest BCUT2D eigenvalue weighted by molar-refractivity contribution is 5.94. The Bertz CT molecular complexity index is 443. The second kappa shape index (κ2) is 4.33. The summed E-state index contributed by atoms with van der Waals surface area (Å²) in [5.74, 6) is -1.75. The van der Waals surface area contributed by atoms with Crippen molar-refractivity contribution >= 4 is 11.7 Å². The van der Waals surface area contributed by atoms with Crippen LogP contribution in [-0.4, -0.2) is 29.3 Å². The van der Waals surface area contributed by atoms with Crippen molar-refractivity contribution in [1.82, 2.24) is 0 Å². The molecule has 0 heterocycles. The summed E-state index contributed by atoms with van der Waals surface area (Å²) in [6.45, 7) is 0.432. The third-order valence-electron chi connectivity index (χ3n) is 3.18. The molecule has 2 rings (SSSR count). The van der Waals surface area contributed by atoms with Crippen molar-refractivity contribution in [3.05, 3.63) is 29.6 Å². The SMILES string of the molecule is O=C(O)c1cccc(F)c1NCC1(CO)CC1. The van der Waals surface area contributed by atoms with E-state index in [0.29, 0.717) is 6.54 Å². The Morgan fingerprint density at radius 2 is 2.18 bits per heavy atom. The number of carboxylic acid groups (broad SMARTS) is 1. The highest BCUT2D eigenvalue weighted by Gasteiger charge is 2.41. The van der Waals surface area contributed by atoms with Crippen LogP contribution in [-0.2, 0) is 0 Å². The summed E-state index contributed by atoms with van der Waals surface area (Å²) in [4.78, 5) is 10.9. The smallest absolute Gasteiger partial charge is 0.337 e. The van der Waals surface area contributed by atoms with Gasteiger partial charge in [-0.3, -0.25) is 0 Å². The number of hydrogen-bond donors (Lipinski definition) is 3. The molecule has 0 saturated heterocycles. The van der Waals surface area contributed by atoms with Gasteiger partial charge in [-0.05, 0) is 25.0 Å². The van der Waals surface area contributed by atoms with Crippen LogP contribution >= 0.6 is 0 Å². The van der Waals surface area contributed by atoms with E-state index in [2.05, 4.69) is 5.32 Å². The highest BCUT2D eigenvalue weighted by atomic mass is 19.1. The van der Waals surface area contributed by atoms with Gasteiger partial charge in [0.1, 0.15) is 5.82 Å². The Morgan fingerprint density at radius 3 is 2.71 bits per heavy atom. The fourth-order valence-electron chi connectivity index (χ4n) is 1.73. The van der Waals surface area contributed by atoms with Crippen molar-refractivity contribution in [2.24, 2.45) is 5.41 Å². The summed E-state index contributed by atoms with van der Waals surface area (Å²) < 4.78 is 13.5. The molecule has 1 aliphatic carbocycles. The van der Waals surface area contributed by atoms with Crippen molar-refractivity contribution in [2.45, 2.75) is 12.8 Å². The molecular formula is C12H14FNO3. The van der Waals surface area contributed by atoms with Crippen LogP contribution in [0.4, 0.5) is 10.1 Å². The number of benzene rings is 1. The molecule has 17 heavy (non-hydrogen) atoms. The third kappa shape index (κ3) is 2.39. The summed E-state index contributed by atoms with van der Waals surface area (Å²) in [5, 5.41) is 20.9. The third-order valence-corrected chi connectivity index (χ3v) is 3.18. The van der Waals surface area contributed by atoms with E-state index >= 15 is 0 Å². The van der Waals surface area contributed by atoms with E-state index in [4.69, 9.17) is 10.2 Å². The normalized spacial score (nSPS) is 16.6. The predicted molar refractivity (Wildman–Crippen MR) is 60.6 cm³/mol. The first-order valence-corrected chi connectivity index (χ1v) is 5.44. The number of aliphatic hydroxyl groups excluding tert-OH is 1. The summed E-state index contributed by atoms with van der Waals surface area (Å²) >= 11 is 0. The second-order valence-corrected chi connectivity index (χ2v) is 4.48. The Labute approximate surface area is 98.1 Å². The number of halogens is 1. The molecule has 92 valence electrons. The van der Waals surface area contributed by atoms with Crippen LogP contribution in [0.25, 0.3) is 0 Å². The zero-order valence-corrected chi connectivity index (χ0v) is 9.24. The molecule has 0 aliphatic heterocycles. The predicted octanol–water partition coefficient (Wildman–Crippen LogP) is 1.71. The van der Waals surface area contributed by atoms with Gasteiger partial charge in [-0.25, -0.2) is 9.18 Å². The number of anilines is 1. The van der Waals surface area contributed by atoms with Crippen molar-refractivity contribution in [3.8, 4) is 0 Å². The monoisotopic (exact) mass is 239 g/mol. The van der Waals surface area contributed by atoms with Crippen molar-refractivity contribution in [2.75, 3.05) is 18.5 Å². The van der Waals surface area contributed by atoms with Crippen LogP contribution in [0.15, 0.2) is 18.2 Å². The largest absolute Gasteiger partial charge is 0.478 e. The second-order valence-electron chi connectivity index (χ2n) is 4.48. The molecule has 0 radical (unpaired) electrons. The summed E-state index contributed by atoms with van der Waals surface area (Å²) in [6, 6.07) is 3.93.